The molecule has 0 bridgehead atoms. The molecule has 0 atom stereocenters. The first-order valence-corrected chi connectivity index (χ1v) is 12.1. The number of hydrazone groups is 1. The van der Waals surface area contributed by atoms with Gasteiger partial charge < -0.3 is 9.47 Å². The third-order valence-electron chi connectivity index (χ3n) is 4.83. The van der Waals surface area contributed by atoms with Gasteiger partial charge in [0.15, 0.2) is 11.5 Å². The van der Waals surface area contributed by atoms with E-state index >= 15 is 0 Å². The van der Waals surface area contributed by atoms with Crippen molar-refractivity contribution in [3.05, 3.63) is 88.4 Å². The summed E-state index contributed by atoms with van der Waals surface area (Å²) in [5.74, 6) is 0.854. The van der Waals surface area contributed by atoms with Crippen LogP contribution in [0, 0.1) is 0 Å². The SMILES string of the molecule is CS(=O)(=O)N(Cc1ccc(Cl)cc1)c1ccc(C(=O)NN=Cc2ccc3c(c2)OCO3)cc1. The maximum atomic E-state index is 12.4. The Kier molecular flexibility index (Phi) is 6.52. The zero-order valence-electron chi connectivity index (χ0n) is 17.6. The Labute approximate surface area is 196 Å². The summed E-state index contributed by atoms with van der Waals surface area (Å²) in [7, 11) is -3.55. The van der Waals surface area contributed by atoms with Crippen LogP contribution < -0.4 is 19.2 Å². The number of nitrogens with zero attached hydrogens (tertiary/aromatic N) is 2. The van der Waals surface area contributed by atoms with Crippen molar-refractivity contribution in [2.45, 2.75) is 6.54 Å². The Morgan fingerprint density at radius 3 is 2.45 bits per heavy atom. The van der Waals surface area contributed by atoms with Gasteiger partial charge in [-0.2, -0.15) is 5.10 Å². The molecule has 0 spiro atoms. The van der Waals surface area contributed by atoms with Gasteiger partial charge in [0.1, 0.15) is 0 Å². The van der Waals surface area contributed by atoms with E-state index in [1.165, 1.54) is 10.5 Å². The van der Waals surface area contributed by atoms with Gasteiger partial charge in [-0.1, -0.05) is 23.7 Å². The monoisotopic (exact) mass is 485 g/mol. The van der Waals surface area contributed by atoms with Crippen molar-refractivity contribution < 1.29 is 22.7 Å². The van der Waals surface area contributed by atoms with E-state index in [2.05, 4.69) is 10.5 Å². The average molecular weight is 486 g/mol. The molecule has 4 rings (SSSR count). The van der Waals surface area contributed by atoms with Gasteiger partial charge in [0, 0.05) is 10.6 Å². The fourth-order valence-corrected chi connectivity index (χ4v) is 4.17. The molecule has 3 aromatic carbocycles. The van der Waals surface area contributed by atoms with Crippen LogP contribution in [0.5, 0.6) is 11.5 Å². The van der Waals surface area contributed by atoms with Gasteiger partial charge in [-0.25, -0.2) is 13.8 Å². The van der Waals surface area contributed by atoms with Crippen LogP contribution in [0.4, 0.5) is 5.69 Å². The third kappa shape index (κ3) is 5.63. The first kappa shape index (κ1) is 22.6. The average Bonchev–Trinajstić information content (AvgIpc) is 3.26. The fraction of sp³-hybridized carbons (Fsp3) is 0.130. The molecule has 8 nitrogen and oxygen atoms in total. The molecule has 1 aliphatic heterocycles. The summed E-state index contributed by atoms with van der Waals surface area (Å²) in [5, 5.41) is 4.54. The van der Waals surface area contributed by atoms with E-state index in [9.17, 15) is 13.2 Å². The largest absolute Gasteiger partial charge is 0.454 e. The highest BCUT2D eigenvalue weighted by Crippen LogP contribution is 2.32. The summed E-state index contributed by atoms with van der Waals surface area (Å²) in [4.78, 5) is 12.4. The maximum Gasteiger partial charge on any atom is 0.271 e. The molecule has 1 amide bonds. The topological polar surface area (TPSA) is 97.3 Å². The van der Waals surface area contributed by atoms with Crippen LogP contribution in [0.2, 0.25) is 5.02 Å². The highest BCUT2D eigenvalue weighted by Gasteiger charge is 2.18. The predicted octanol–water partition coefficient (Wildman–Crippen LogP) is 3.80. The number of sulfonamides is 1. The van der Waals surface area contributed by atoms with Crippen molar-refractivity contribution >= 4 is 39.4 Å². The molecule has 0 saturated heterocycles. The Bertz CT molecular complexity index is 1290. The molecular weight excluding hydrogens is 466 g/mol. The number of carbonyl (C=O) groups is 1. The second-order valence-corrected chi connectivity index (χ2v) is 9.60. The smallest absolute Gasteiger partial charge is 0.271 e. The van der Waals surface area contributed by atoms with Gasteiger partial charge in [0.25, 0.3) is 5.91 Å². The maximum absolute atomic E-state index is 12.4. The fourth-order valence-electron chi connectivity index (χ4n) is 3.16. The number of benzene rings is 3. The summed E-state index contributed by atoms with van der Waals surface area (Å²) in [6, 6.07) is 18.5. The number of amides is 1. The van der Waals surface area contributed by atoms with Crippen LogP contribution >= 0.6 is 11.6 Å². The van der Waals surface area contributed by atoms with Gasteiger partial charge in [-0.15, -0.1) is 0 Å². The van der Waals surface area contributed by atoms with Crippen molar-refractivity contribution in [1.29, 1.82) is 0 Å². The third-order valence-corrected chi connectivity index (χ3v) is 6.23. The Morgan fingerprint density at radius 1 is 1.06 bits per heavy atom. The van der Waals surface area contributed by atoms with E-state index in [1.54, 1.807) is 66.7 Å². The number of ether oxygens (including phenoxy) is 2. The molecule has 3 aromatic rings. The molecule has 0 saturated carbocycles. The van der Waals surface area contributed by atoms with Crippen LogP contribution in [0.15, 0.2) is 71.8 Å². The number of hydrogen-bond acceptors (Lipinski definition) is 6. The number of fused-ring (bicyclic) bond motifs is 1. The van der Waals surface area contributed by atoms with Crippen LogP contribution in [0.3, 0.4) is 0 Å². The van der Waals surface area contributed by atoms with Crippen molar-refractivity contribution in [1.82, 2.24) is 5.43 Å². The summed E-state index contributed by atoms with van der Waals surface area (Å²) in [5.41, 5.74) is 4.74. The molecule has 170 valence electrons. The van der Waals surface area contributed by atoms with Gasteiger partial charge in [0.2, 0.25) is 16.8 Å². The second-order valence-electron chi connectivity index (χ2n) is 7.25. The van der Waals surface area contributed by atoms with E-state index in [1.807, 2.05) is 0 Å². The van der Waals surface area contributed by atoms with Crippen molar-refractivity contribution in [3.8, 4) is 11.5 Å². The van der Waals surface area contributed by atoms with Gasteiger partial charge >= 0.3 is 0 Å². The normalized spacial score (nSPS) is 12.7. The highest BCUT2D eigenvalue weighted by molar-refractivity contribution is 7.92. The first-order valence-electron chi connectivity index (χ1n) is 9.85. The standard InChI is InChI=1S/C23H20ClN3O5S/c1-33(29,30)27(14-16-2-7-19(24)8-3-16)20-9-5-18(6-10-20)23(28)26-25-13-17-4-11-21-22(12-17)32-15-31-21/h2-13H,14-15H2,1H3,(H,26,28). The van der Waals surface area contributed by atoms with Crippen molar-refractivity contribution in [2.24, 2.45) is 5.10 Å². The van der Waals surface area contributed by atoms with E-state index < -0.39 is 15.9 Å². The van der Waals surface area contributed by atoms with Gasteiger partial charge in [-0.05, 0) is 65.7 Å². The minimum absolute atomic E-state index is 0.140. The highest BCUT2D eigenvalue weighted by atomic mass is 35.5. The van der Waals surface area contributed by atoms with Gasteiger partial charge in [0.05, 0.1) is 24.7 Å². The lowest BCUT2D eigenvalue weighted by Crippen LogP contribution is -2.29. The van der Waals surface area contributed by atoms with Crippen LogP contribution in [-0.4, -0.2) is 33.6 Å². The quantitative estimate of drug-likeness (QED) is 0.405. The number of rotatable bonds is 7. The summed E-state index contributed by atoms with van der Waals surface area (Å²) in [6.45, 7) is 0.320. The predicted molar refractivity (Wildman–Crippen MR) is 127 cm³/mol. The minimum atomic E-state index is -3.55. The molecule has 1 aliphatic rings. The minimum Gasteiger partial charge on any atom is -0.454 e. The summed E-state index contributed by atoms with van der Waals surface area (Å²) >= 11 is 5.91. The summed E-state index contributed by atoms with van der Waals surface area (Å²) < 4.78 is 36.5. The van der Waals surface area contributed by atoms with E-state index in [0.29, 0.717) is 27.8 Å². The summed E-state index contributed by atoms with van der Waals surface area (Å²) in [6.07, 6.45) is 2.63. The molecule has 10 heteroatoms. The van der Waals surface area contributed by atoms with E-state index in [0.717, 1.165) is 17.4 Å². The molecule has 0 aliphatic carbocycles. The lowest BCUT2D eigenvalue weighted by molar-refractivity contribution is 0.0955. The molecule has 0 radical (unpaired) electrons. The molecule has 33 heavy (non-hydrogen) atoms. The molecule has 0 fully saturated rings. The number of carbonyl (C=O) groups excluding carboxylic acids is 1. The Hall–Kier alpha value is -3.56. The zero-order valence-corrected chi connectivity index (χ0v) is 19.1. The Balaban J connectivity index is 1.43. The van der Waals surface area contributed by atoms with Crippen molar-refractivity contribution in [3.63, 3.8) is 0 Å². The number of hydrogen-bond donors (Lipinski definition) is 1. The molecule has 1 heterocycles. The zero-order chi connectivity index (χ0) is 23.4. The lowest BCUT2D eigenvalue weighted by atomic mass is 10.2. The second kappa shape index (κ2) is 9.51. The Morgan fingerprint density at radius 2 is 1.76 bits per heavy atom. The van der Waals surface area contributed by atoms with Crippen LogP contribution in [0.1, 0.15) is 21.5 Å². The lowest BCUT2D eigenvalue weighted by Gasteiger charge is -2.22. The van der Waals surface area contributed by atoms with Crippen molar-refractivity contribution in [2.75, 3.05) is 17.4 Å². The van der Waals surface area contributed by atoms with Crippen LogP contribution in [-0.2, 0) is 16.6 Å². The molecular formula is C23H20ClN3O5S. The number of halogens is 1. The van der Waals surface area contributed by atoms with E-state index in [4.69, 9.17) is 21.1 Å². The van der Waals surface area contributed by atoms with Gasteiger partial charge in [-0.3, -0.25) is 9.10 Å². The molecule has 0 aromatic heterocycles. The first-order chi connectivity index (χ1) is 15.8. The number of nitrogens with one attached hydrogen (secondary N) is 1. The van der Waals surface area contributed by atoms with E-state index in [-0.39, 0.29) is 13.3 Å². The molecule has 1 N–H and O–H groups in total. The van der Waals surface area contributed by atoms with Crippen LogP contribution in [0.25, 0.3) is 0 Å². The molecule has 0 unspecified atom stereocenters. The number of anilines is 1.